The third-order valence-electron chi connectivity index (χ3n) is 4.08. The van der Waals surface area contributed by atoms with Crippen LogP contribution in [0.5, 0.6) is 0 Å². The Balaban J connectivity index is 0.00000280. The van der Waals surface area contributed by atoms with E-state index in [1.807, 2.05) is 30.3 Å². The van der Waals surface area contributed by atoms with E-state index >= 15 is 0 Å². The average Bonchev–Trinajstić information content (AvgIpc) is 3.32. The van der Waals surface area contributed by atoms with Gasteiger partial charge < -0.3 is 22.1 Å². The predicted molar refractivity (Wildman–Crippen MR) is 107 cm³/mol. The second-order valence-electron chi connectivity index (χ2n) is 6.10. The van der Waals surface area contributed by atoms with E-state index in [-0.39, 0.29) is 61.7 Å². The summed E-state index contributed by atoms with van der Waals surface area (Å²) in [5.41, 5.74) is 11.4. The zero-order valence-corrected chi connectivity index (χ0v) is 20.8. The number of hydrogen-bond donors (Lipinski definition) is 3. The summed E-state index contributed by atoms with van der Waals surface area (Å²) >= 11 is 1.32. The van der Waals surface area contributed by atoms with Gasteiger partial charge in [-0.15, -0.1) is 24.0 Å². The minimum absolute atomic E-state index is 0. The maximum atomic E-state index is 13.0. The number of thiazole rings is 1. The number of nitrogens with two attached hydrogens (primary N) is 2. The van der Waals surface area contributed by atoms with Gasteiger partial charge in [0.25, 0.3) is 0 Å². The van der Waals surface area contributed by atoms with Gasteiger partial charge in [-0.1, -0.05) is 18.2 Å². The van der Waals surface area contributed by atoms with Crippen molar-refractivity contribution >= 4 is 39.2 Å². The number of amides is 1. The minimum atomic E-state index is -0.698. The Morgan fingerprint density at radius 1 is 1.36 bits per heavy atom. The monoisotopic (exact) mass is 612 g/mol. The molecule has 1 aromatic carbocycles. The van der Waals surface area contributed by atoms with E-state index in [4.69, 9.17) is 11.5 Å². The van der Waals surface area contributed by atoms with Gasteiger partial charge in [0.2, 0.25) is 11.7 Å². The SMILES string of the molecule is NC(N)=NCCCC(NC(=O)C1C=CC[N-]1)C(=O)c1nc2ccccc2s1.[Ac]. The van der Waals surface area contributed by atoms with Crippen molar-refractivity contribution in [2.24, 2.45) is 16.5 Å². The van der Waals surface area contributed by atoms with Crippen molar-refractivity contribution in [3.63, 3.8) is 0 Å². The van der Waals surface area contributed by atoms with Crippen LogP contribution in [0, 0.1) is 44.1 Å². The molecule has 28 heavy (non-hydrogen) atoms. The van der Waals surface area contributed by atoms with Crippen LogP contribution >= 0.6 is 11.3 Å². The van der Waals surface area contributed by atoms with E-state index in [1.165, 1.54) is 11.3 Å². The van der Waals surface area contributed by atoms with Gasteiger partial charge in [0.05, 0.1) is 16.3 Å². The van der Waals surface area contributed by atoms with Crippen LogP contribution < -0.4 is 16.8 Å². The van der Waals surface area contributed by atoms with Gasteiger partial charge in [-0.05, 0) is 31.0 Å². The van der Waals surface area contributed by atoms with Crippen molar-refractivity contribution in [2.45, 2.75) is 24.9 Å². The summed E-state index contributed by atoms with van der Waals surface area (Å²) in [5.74, 6) is -0.496. The normalized spacial score (nSPS) is 16.4. The van der Waals surface area contributed by atoms with Crippen molar-refractivity contribution in [3.8, 4) is 0 Å². The third-order valence-corrected chi connectivity index (χ3v) is 5.13. The summed E-state index contributed by atoms with van der Waals surface area (Å²) in [5, 5.41) is 7.36. The summed E-state index contributed by atoms with van der Waals surface area (Å²) in [7, 11) is 0. The second-order valence-corrected chi connectivity index (χ2v) is 7.13. The molecule has 1 aliphatic rings. The molecule has 2 unspecified atom stereocenters. The molecule has 0 saturated carbocycles. The van der Waals surface area contributed by atoms with E-state index in [2.05, 4.69) is 20.6 Å². The van der Waals surface area contributed by atoms with E-state index in [9.17, 15) is 9.59 Å². The number of Topliss-reactive ketones (excluding diaryl/α,β-unsaturated/α-hetero) is 1. The van der Waals surface area contributed by atoms with Crippen molar-refractivity contribution in [1.29, 1.82) is 0 Å². The van der Waals surface area contributed by atoms with Crippen molar-refractivity contribution < 1.29 is 53.7 Å². The van der Waals surface area contributed by atoms with Gasteiger partial charge >= 0.3 is 0 Å². The van der Waals surface area contributed by atoms with Crippen LogP contribution in [-0.4, -0.2) is 47.8 Å². The predicted octanol–water partition coefficient (Wildman–Crippen LogP) is 1.33. The molecule has 1 aromatic heterocycles. The molecule has 0 bridgehead atoms. The van der Waals surface area contributed by atoms with Crippen LogP contribution in [-0.2, 0) is 4.79 Å². The van der Waals surface area contributed by atoms with Crippen LogP contribution in [0.3, 0.4) is 0 Å². The van der Waals surface area contributed by atoms with Gasteiger partial charge in [-0.2, -0.15) is 0 Å². The van der Waals surface area contributed by atoms with Crippen LogP contribution in [0.25, 0.3) is 15.5 Å². The molecule has 145 valence electrons. The largest absolute Gasteiger partial charge is 0.645 e. The maximum absolute atomic E-state index is 13.0. The number of aromatic nitrogens is 1. The number of guanidine groups is 1. The van der Waals surface area contributed by atoms with Gasteiger partial charge in [0.15, 0.2) is 11.0 Å². The fourth-order valence-corrected chi connectivity index (χ4v) is 3.71. The Bertz CT molecular complexity index is 860. The standard InChI is InChI=1S/C18H21N6O2S.Ac/c19-18(20)22-10-3-6-12(23-16(26)13-7-4-9-21-13)15(25)17-24-11-5-1-2-8-14(11)27-17;/h1-2,4-5,7-8,12-13H,3,6,9-10H2,(H,23,26)(H4,19,20,22);/q-1;. The number of hydrogen-bond acceptors (Lipinski definition) is 5. The van der Waals surface area contributed by atoms with Gasteiger partial charge in [0.1, 0.15) is 0 Å². The molecule has 0 fully saturated rings. The summed E-state index contributed by atoms with van der Waals surface area (Å²) in [6.07, 6.45) is 4.52. The molecule has 2 atom stereocenters. The van der Waals surface area contributed by atoms with Crippen LogP contribution in [0.15, 0.2) is 41.4 Å². The van der Waals surface area contributed by atoms with E-state index in [0.717, 1.165) is 10.2 Å². The van der Waals surface area contributed by atoms with E-state index < -0.39 is 12.1 Å². The second kappa shape index (κ2) is 11.0. The van der Waals surface area contributed by atoms with Gasteiger partial charge in [-0.3, -0.25) is 14.6 Å². The molecule has 3 rings (SSSR count). The number of ketones is 1. The van der Waals surface area contributed by atoms with Crippen LogP contribution in [0.4, 0.5) is 0 Å². The smallest absolute Gasteiger partial charge is 0.213 e. The zero-order valence-electron chi connectivity index (χ0n) is 15.2. The number of para-hydroxylation sites is 1. The van der Waals surface area contributed by atoms with Gasteiger partial charge in [-0.25, -0.2) is 4.98 Å². The summed E-state index contributed by atoms with van der Waals surface area (Å²) in [6.45, 7) is 0.897. The Morgan fingerprint density at radius 3 is 2.82 bits per heavy atom. The molecule has 2 heterocycles. The quantitative estimate of drug-likeness (QED) is 0.136. The van der Waals surface area contributed by atoms with Crippen LogP contribution in [0.2, 0.25) is 0 Å². The first kappa shape index (κ1) is 22.9. The first-order valence-electron chi connectivity index (χ1n) is 8.63. The first-order valence-corrected chi connectivity index (χ1v) is 9.45. The maximum Gasteiger partial charge on any atom is 0.213 e. The molecule has 10 heteroatoms. The van der Waals surface area contributed by atoms with Crippen molar-refractivity contribution in [3.05, 3.63) is 46.7 Å². The Labute approximate surface area is 202 Å². The van der Waals surface area contributed by atoms with Crippen LogP contribution in [0.1, 0.15) is 22.6 Å². The number of nitrogens with zero attached hydrogens (tertiary/aromatic N) is 3. The number of fused-ring (bicyclic) bond motifs is 1. The molecule has 0 saturated heterocycles. The van der Waals surface area contributed by atoms with Crippen molar-refractivity contribution in [2.75, 3.05) is 13.1 Å². The Kier molecular flexibility index (Phi) is 9.02. The summed E-state index contributed by atoms with van der Waals surface area (Å²) in [6, 6.07) is 6.30. The molecule has 0 aliphatic carbocycles. The number of carbonyl (C=O) groups is 2. The fraction of sp³-hybridized carbons (Fsp3) is 0.333. The number of carbonyl (C=O) groups excluding carboxylic acids is 2. The fourth-order valence-electron chi connectivity index (χ4n) is 2.75. The first-order chi connectivity index (χ1) is 13.0. The molecular weight excluding hydrogens is 591 g/mol. The molecule has 8 nitrogen and oxygen atoms in total. The Morgan fingerprint density at radius 2 is 2.14 bits per heavy atom. The topological polar surface area (TPSA) is 138 Å². The minimum Gasteiger partial charge on any atom is -0.645 e. The molecule has 0 spiro atoms. The molecule has 2 aromatic rings. The van der Waals surface area contributed by atoms with E-state index in [1.54, 1.807) is 6.08 Å². The molecule has 5 N–H and O–H groups in total. The van der Waals surface area contributed by atoms with Gasteiger partial charge in [0, 0.05) is 50.6 Å². The number of benzene rings is 1. The summed E-state index contributed by atoms with van der Waals surface area (Å²) in [4.78, 5) is 33.7. The summed E-state index contributed by atoms with van der Waals surface area (Å²) < 4.78 is 0.931. The number of rotatable bonds is 8. The third kappa shape index (κ3) is 6.08. The average molecular weight is 612 g/mol. The molecule has 1 aliphatic heterocycles. The number of aliphatic imine (C=N–C) groups is 1. The zero-order chi connectivity index (χ0) is 19.2. The molecule has 1 radical (unpaired) electrons. The van der Waals surface area contributed by atoms with E-state index in [0.29, 0.717) is 30.9 Å². The Hall–Kier alpha value is -1.34. The van der Waals surface area contributed by atoms with Crippen molar-refractivity contribution in [1.82, 2.24) is 10.3 Å². The number of nitrogens with one attached hydrogen (secondary N) is 1. The molecular formula is C18H21AcN6O2S-. The molecule has 1 amide bonds.